The maximum absolute atomic E-state index is 12.9. The van der Waals surface area contributed by atoms with Crippen molar-refractivity contribution in [2.45, 2.75) is 0 Å². The van der Waals surface area contributed by atoms with Crippen LogP contribution < -0.4 is 30.0 Å². The standard InChI is InChI=1S/C22H20ClN3O6/c1-29-14-5-7-15(8-6-14)32-22-17(4-3-9-25-22)26-21(28)13-10-16(23)20(18(11-13)30-2)31-12-19(24)27/h3-11H,12H2,1-2H3,(H2,24,27)(H,26,28). The molecule has 0 atom stereocenters. The van der Waals surface area contributed by atoms with Crippen molar-refractivity contribution in [3.63, 3.8) is 0 Å². The van der Waals surface area contributed by atoms with Gasteiger partial charge in [0.05, 0.1) is 19.2 Å². The third-order valence-electron chi connectivity index (χ3n) is 4.14. The second-order valence-electron chi connectivity index (χ2n) is 6.33. The molecule has 0 aliphatic rings. The number of primary amides is 1. The van der Waals surface area contributed by atoms with Crippen LogP contribution in [0.2, 0.25) is 5.02 Å². The average Bonchev–Trinajstić information content (AvgIpc) is 2.79. The van der Waals surface area contributed by atoms with Gasteiger partial charge in [0.25, 0.3) is 11.8 Å². The molecule has 0 unspecified atom stereocenters. The summed E-state index contributed by atoms with van der Waals surface area (Å²) < 4.78 is 21.4. The van der Waals surface area contributed by atoms with Crippen molar-refractivity contribution in [3.8, 4) is 28.9 Å². The third-order valence-corrected chi connectivity index (χ3v) is 4.42. The van der Waals surface area contributed by atoms with Gasteiger partial charge in [0.1, 0.15) is 17.2 Å². The van der Waals surface area contributed by atoms with Gasteiger partial charge in [0.2, 0.25) is 5.88 Å². The van der Waals surface area contributed by atoms with E-state index in [1.807, 2.05) is 0 Å². The summed E-state index contributed by atoms with van der Waals surface area (Å²) in [6.07, 6.45) is 1.54. The molecule has 0 aliphatic heterocycles. The Morgan fingerprint density at radius 1 is 1.06 bits per heavy atom. The number of carbonyl (C=O) groups excluding carboxylic acids is 2. The van der Waals surface area contributed by atoms with Gasteiger partial charge in [-0.15, -0.1) is 0 Å². The first-order valence-corrected chi connectivity index (χ1v) is 9.66. The van der Waals surface area contributed by atoms with Crippen molar-refractivity contribution in [3.05, 3.63) is 65.3 Å². The maximum atomic E-state index is 12.9. The Morgan fingerprint density at radius 2 is 1.78 bits per heavy atom. The minimum atomic E-state index is -0.675. The molecule has 10 heteroatoms. The van der Waals surface area contributed by atoms with Crippen LogP contribution in [-0.4, -0.2) is 37.6 Å². The molecule has 166 valence electrons. The number of carbonyl (C=O) groups is 2. The summed E-state index contributed by atoms with van der Waals surface area (Å²) in [6.45, 7) is -0.386. The number of hydrogen-bond donors (Lipinski definition) is 2. The van der Waals surface area contributed by atoms with Crippen molar-refractivity contribution in [1.29, 1.82) is 0 Å². The number of benzene rings is 2. The minimum absolute atomic E-state index is 0.0802. The Balaban J connectivity index is 1.81. The predicted octanol–water partition coefficient (Wildman–Crippen LogP) is 3.66. The van der Waals surface area contributed by atoms with Crippen LogP contribution in [0.25, 0.3) is 0 Å². The predicted molar refractivity (Wildman–Crippen MR) is 118 cm³/mol. The van der Waals surface area contributed by atoms with Crippen LogP contribution in [0.1, 0.15) is 10.4 Å². The van der Waals surface area contributed by atoms with Crippen LogP contribution in [0.4, 0.5) is 5.69 Å². The molecule has 1 heterocycles. The largest absolute Gasteiger partial charge is 0.497 e. The zero-order chi connectivity index (χ0) is 23.1. The molecule has 3 N–H and O–H groups in total. The molecule has 3 aromatic rings. The summed E-state index contributed by atoms with van der Waals surface area (Å²) in [4.78, 5) is 28.0. The number of pyridine rings is 1. The fourth-order valence-electron chi connectivity index (χ4n) is 2.65. The molecular weight excluding hydrogens is 438 g/mol. The zero-order valence-corrected chi connectivity index (χ0v) is 18.0. The van der Waals surface area contributed by atoms with Gasteiger partial charge in [-0.25, -0.2) is 4.98 Å². The molecule has 1 aromatic heterocycles. The molecule has 0 saturated carbocycles. The second-order valence-corrected chi connectivity index (χ2v) is 6.74. The van der Waals surface area contributed by atoms with E-state index in [1.165, 1.54) is 19.2 Å². The number of anilines is 1. The van der Waals surface area contributed by atoms with Crippen molar-refractivity contribution in [2.24, 2.45) is 5.73 Å². The highest BCUT2D eigenvalue weighted by atomic mass is 35.5. The van der Waals surface area contributed by atoms with E-state index in [9.17, 15) is 9.59 Å². The molecule has 9 nitrogen and oxygen atoms in total. The van der Waals surface area contributed by atoms with E-state index < -0.39 is 11.8 Å². The number of halogens is 1. The maximum Gasteiger partial charge on any atom is 0.256 e. The highest BCUT2D eigenvalue weighted by Gasteiger charge is 2.18. The summed E-state index contributed by atoms with van der Waals surface area (Å²) in [5.74, 6) is 0.511. The van der Waals surface area contributed by atoms with Crippen molar-refractivity contribution in [1.82, 2.24) is 4.98 Å². The Labute approximate surface area is 189 Å². The van der Waals surface area contributed by atoms with Gasteiger partial charge in [0, 0.05) is 11.8 Å². The zero-order valence-electron chi connectivity index (χ0n) is 17.3. The van der Waals surface area contributed by atoms with Crippen LogP contribution in [0.3, 0.4) is 0 Å². The molecule has 0 radical (unpaired) electrons. The van der Waals surface area contributed by atoms with Crippen LogP contribution >= 0.6 is 11.6 Å². The smallest absolute Gasteiger partial charge is 0.256 e. The summed E-state index contributed by atoms with van der Waals surface area (Å²) in [5, 5.41) is 2.82. The van der Waals surface area contributed by atoms with Crippen LogP contribution in [0, 0.1) is 0 Å². The Morgan fingerprint density at radius 3 is 2.44 bits per heavy atom. The summed E-state index contributed by atoms with van der Waals surface area (Å²) >= 11 is 6.22. The lowest BCUT2D eigenvalue weighted by Gasteiger charge is -2.14. The van der Waals surface area contributed by atoms with Crippen molar-refractivity contribution in [2.75, 3.05) is 26.1 Å². The molecule has 2 amide bonds. The Kier molecular flexibility index (Phi) is 7.35. The van der Waals surface area contributed by atoms with Gasteiger partial charge in [-0.1, -0.05) is 11.6 Å². The number of hydrogen-bond acceptors (Lipinski definition) is 7. The third kappa shape index (κ3) is 5.58. The molecular formula is C22H20ClN3O6. The first-order chi connectivity index (χ1) is 15.4. The molecule has 2 aromatic carbocycles. The van der Waals surface area contributed by atoms with Gasteiger partial charge in [0.15, 0.2) is 18.1 Å². The SMILES string of the molecule is COc1ccc(Oc2ncccc2NC(=O)c2cc(Cl)c(OCC(N)=O)c(OC)c2)cc1. The van der Waals surface area contributed by atoms with E-state index in [1.54, 1.807) is 49.7 Å². The topological polar surface area (TPSA) is 122 Å². The van der Waals surface area contributed by atoms with Crippen molar-refractivity contribution < 1.29 is 28.5 Å². The van der Waals surface area contributed by atoms with Gasteiger partial charge >= 0.3 is 0 Å². The fraction of sp³-hybridized carbons (Fsp3) is 0.136. The van der Waals surface area contributed by atoms with Crippen LogP contribution in [0.15, 0.2) is 54.7 Å². The monoisotopic (exact) mass is 457 g/mol. The number of aromatic nitrogens is 1. The summed E-state index contributed by atoms with van der Waals surface area (Å²) in [6, 6.07) is 13.0. The minimum Gasteiger partial charge on any atom is -0.497 e. The molecule has 32 heavy (non-hydrogen) atoms. The van der Waals surface area contributed by atoms with Gasteiger partial charge in [-0.2, -0.15) is 0 Å². The lowest BCUT2D eigenvalue weighted by molar-refractivity contribution is -0.119. The number of rotatable bonds is 9. The number of methoxy groups -OCH3 is 2. The Hall–Kier alpha value is -3.98. The van der Waals surface area contributed by atoms with Crippen LogP contribution in [0.5, 0.6) is 28.9 Å². The van der Waals surface area contributed by atoms with E-state index in [-0.39, 0.29) is 34.6 Å². The lowest BCUT2D eigenvalue weighted by atomic mass is 10.1. The summed E-state index contributed by atoms with van der Waals surface area (Å²) in [7, 11) is 2.95. The van der Waals surface area contributed by atoms with Crippen LogP contribution in [-0.2, 0) is 4.79 Å². The molecule has 0 saturated heterocycles. The van der Waals surface area contributed by atoms with E-state index in [2.05, 4.69) is 10.3 Å². The first-order valence-electron chi connectivity index (χ1n) is 9.28. The lowest BCUT2D eigenvalue weighted by Crippen LogP contribution is -2.20. The highest BCUT2D eigenvalue weighted by molar-refractivity contribution is 6.32. The molecule has 0 bridgehead atoms. The number of ether oxygens (including phenoxy) is 4. The normalized spacial score (nSPS) is 10.2. The molecule has 3 rings (SSSR count). The number of nitrogens with zero attached hydrogens (tertiary/aromatic N) is 1. The number of nitrogens with one attached hydrogen (secondary N) is 1. The quantitative estimate of drug-likeness (QED) is 0.502. The molecule has 0 fully saturated rings. The average molecular weight is 458 g/mol. The number of amides is 2. The molecule has 0 spiro atoms. The first kappa shape index (κ1) is 22.7. The van der Waals surface area contributed by atoms with Crippen molar-refractivity contribution >= 4 is 29.1 Å². The van der Waals surface area contributed by atoms with E-state index >= 15 is 0 Å². The van der Waals surface area contributed by atoms with Gasteiger partial charge in [-0.05, 0) is 48.5 Å². The fourth-order valence-corrected chi connectivity index (χ4v) is 2.92. The molecule has 0 aliphatic carbocycles. The number of nitrogens with two attached hydrogens (primary N) is 1. The van der Waals surface area contributed by atoms with Gasteiger partial charge in [-0.3, -0.25) is 9.59 Å². The Bertz CT molecular complexity index is 1120. The highest BCUT2D eigenvalue weighted by Crippen LogP contribution is 2.37. The van der Waals surface area contributed by atoms with Gasteiger partial charge < -0.3 is 30.0 Å². The summed E-state index contributed by atoms with van der Waals surface area (Å²) in [5.41, 5.74) is 5.63. The van der Waals surface area contributed by atoms with E-state index in [0.29, 0.717) is 17.2 Å². The second kappa shape index (κ2) is 10.4. The van der Waals surface area contributed by atoms with E-state index in [4.69, 9.17) is 36.3 Å². The van der Waals surface area contributed by atoms with E-state index in [0.717, 1.165) is 0 Å².